The molecule has 0 spiro atoms. The fourth-order valence-corrected chi connectivity index (χ4v) is 3.32. The number of nitrogens with two attached hydrogens (primary N) is 2. The Labute approximate surface area is 175 Å². The summed E-state index contributed by atoms with van der Waals surface area (Å²) < 4.78 is 12.2. The van der Waals surface area contributed by atoms with Gasteiger partial charge in [0, 0.05) is 18.2 Å². The third-order valence-electron chi connectivity index (χ3n) is 5.05. The number of benzene rings is 2. The summed E-state index contributed by atoms with van der Waals surface area (Å²) >= 11 is 0. The molecule has 0 atom stereocenters. The first kappa shape index (κ1) is 19.8. The van der Waals surface area contributed by atoms with Crippen molar-refractivity contribution in [2.75, 3.05) is 24.7 Å². The van der Waals surface area contributed by atoms with E-state index >= 15 is 0 Å². The predicted molar refractivity (Wildman–Crippen MR) is 115 cm³/mol. The molecule has 3 aromatic rings. The van der Waals surface area contributed by atoms with E-state index in [1.54, 1.807) is 30.5 Å². The summed E-state index contributed by atoms with van der Waals surface area (Å²) in [5.74, 6) is 2.51. The minimum absolute atomic E-state index is 0.0346. The first-order valence-corrected chi connectivity index (χ1v) is 10.1. The van der Waals surface area contributed by atoms with Crippen LogP contribution in [0, 0.1) is 5.92 Å². The Morgan fingerprint density at radius 2 is 1.77 bits per heavy atom. The summed E-state index contributed by atoms with van der Waals surface area (Å²) in [5.41, 5.74) is 15.1. The first-order chi connectivity index (χ1) is 14.5. The van der Waals surface area contributed by atoms with Crippen molar-refractivity contribution in [1.82, 2.24) is 9.97 Å². The van der Waals surface area contributed by atoms with Crippen LogP contribution in [0.1, 0.15) is 30.9 Å². The molecule has 0 unspecified atom stereocenters. The zero-order chi connectivity index (χ0) is 21.1. The molecule has 1 radical (unpaired) electrons. The Morgan fingerprint density at radius 1 is 1.07 bits per heavy atom. The molecule has 0 amide bonds. The molecule has 7 heteroatoms. The molecule has 155 valence electrons. The summed E-state index contributed by atoms with van der Waals surface area (Å²) in [6.07, 6.45) is 4.55. The Bertz CT molecular complexity index is 1030. The van der Waals surface area contributed by atoms with E-state index in [0.29, 0.717) is 37.1 Å². The van der Waals surface area contributed by atoms with Crippen LogP contribution in [0.4, 0.5) is 11.8 Å². The summed E-state index contributed by atoms with van der Waals surface area (Å²) in [6.45, 7) is 3.10. The fourth-order valence-electron chi connectivity index (χ4n) is 3.32. The number of ether oxygens (including phenoxy) is 2. The van der Waals surface area contributed by atoms with Gasteiger partial charge >= 0.3 is 0 Å². The quantitative estimate of drug-likeness (QED) is 0.579. The molecule has 1 aliphatic carbocycles. The van der Waals surface area contributed by atoms with Crippen molar-refractivity contribution >= 4 is 11.8 Å². The van der Waals surface area contributed by atoms with E-state index < -0.39 is 0 Å². The summed E-state index contributed by atoms with van der Waals surface area (Å²) in [5, 5.41) is 11.6. The zero-order valence-corrected chi connectivity index (χ0v) is 16.9. The minimum Gasteiger partial charge on any atom is -0.493 e. The van der Waals surface area contributed by atoms with Crippen molar-refractivity contribution in [3.05, 3.63) is 53.7 Å². The second-order valence-electron chi connectivity index (χ2n) is 7.49. The number of hydrogen-bond donors (Lipinski definition) is 2. The second-order valence-corrected chi connectivity index (χ2v) is 7.49. The van der Waals surface area contributed by atoms with Crippen LogP contribution in [0.2, 0.25) is 0 Å². The maximum Gasteiger partial charge on any atom is 0.221 e. The van der Waals surface area contributed by atoms with Gasteiger partial charge in [-0.25, -0.2) is 4.98 Å². The third kappa shape index (κ3) is 4.56. The lowest BCUT2D eigenvalue weighted by Gasteiger charge is -2.18. The normalized spacial score (nSPS) is 13.2. The molecule has 1 aromatic heterocycles. The van der Waals surface area contributed by atoms with Crippen LogP contribution in [0.3, 0.4) is 0 Å². The highest BCUT2D eigenvalue weighted by Gasteiger charge is 2.24. The van der Waals surface area contributed by atoms with Gasteiger partial charge < -0.3 is 20.9 Å². The van der Waals surface area contributed by atoms with Gasteiger partial charge in [0.1, 0.15) is 17.3 Å². The van der Waals surface area contributed by atoms with Crippen LogP contribution in [0.5, 0.6) is 17.2 Å². The van der Waals surface area contributed by atoms with Gasteiger partial charge in [-0.3, -0.25) is 5.11 Å². The lowest BCUT2D eigenvalue weighted by atomic mass is 9.98. The molecular formula is C23H25N4O3. The van der Waals surface area contributed by atoms with Gasteiger partial charge in [-0.2, -0.15) is 4.98 Å². The number of anilines is 2. The molecule has 0 saturated heterocycles. The Kier molecular flexibility index (Phi) is 5.61. The van der Waals surface area contributed by atoms with Crippen molar-refractivity contribution in [3.63, 3.8) is 0 Å². The Balaban J connectivity index is 1.76. The molecule has 1 saturated carbocycles. The molecule has 1 aliphatic rings. The molecule has 0 bridgehead atoms. The van der Waals surface area contributed by atoms with Crippen molar-refractivity contribution < 1.29 is 14.6 Å². The van der Waals surface area contributed by atoms with E-state index in [-0.39, 0.29) is 11.7 Å². The number of nitrogen functional groups attached to an aromatic ring is 2. The van der Waals surface area contributed by atoms with Crippen LogP contribution in [-0.2, 0) is 11.5 Å². The maximum absolute atomic E-state index is 11.6. The van der Waals surface area contributed by atoms with Crippen molar-refractivity contribution in [2.45, 2.75) is 26.2 Å². The molecule has 4 rings (SSSR count). The van der Waals surface area contributed by atoms with Crippen LogP contribution >= 0.6 is 0 Å². The zero-order valence-electron chi connectivity index (χ0n) is 16.9. The van der Waals surface area contributed by atoms with E-state index in [1.807, 2.05) is 19.1 Å². The van der Waals surface area contributed by atoms with Crippen LogP contribution in [-0.4, -0.2) is 23.2 Å². The van der Waals surface area contributed by atoms with Gasteiger partial charge in [0.25, 0.3) is 0 Å². The number of aromatic nitrogens is 2. The number of nitrogens with zero attached hydrogens (tertiary/aromatic N) is 2. The van der Waals surface area contributed by atoms with Crippen LogP contribution in [0.15, 0.2) is 42.6 Å². The molecule has 7 nitrogen and oxygen atoms in total. The van der Waals surface area contributed by atoms with Crippen molar-refractivity contribution in [1.29, 1.82) is 0 Å². The summed E-state index contributed by atoms with van der Waals surface area (Å²) in [4.78, 5) is 8.10. The SMILES string of the molecule is CCOc1cc(Cc2cnc(N)nc2N)cc(OCC2CC2)c1-c1ccc([O])cc1. The summed E-state index contributed by atoms with van der Waals surface area (Å²) in [6, 6.07) is 10.7. The summed E-state index contributed by atoms with van der Waals surface area (Å²) in [7, 11) is 0. The topological polar surface area (TPSA) is 116 Å². The van der Waals surface area contributed by atoms with Gasteiger partial charge in [0.05, 0.1) is 18.8 Å². The molecular weight excluding hydrogens is 380 g/mol. The number of hydrogen-bond acceptors (Lipinski definition) is 6. The molecule has 1 heterocycles. The van der Waals surface area contributed by atoms with Gasteiger partial charge in [-0.05, 0) is 61.1 Å². The number of rotatable bonds is 8. The van der Waals surface area contributed by atoms with Gasteiger partial charge in [0.2, 0.25) is 5.95 Å². The predicted octanol–water partition coefficient (Wildman–Crippen LogP) is 4.23. The van der Waals surface area contributed by atoms with E-state index in [2.05, 4.69) is 9.97 Å². The average Bonchev–Trinajstić information content (AvgIpc) is 3.54. The largest absolute Gasteiger partial charge is 0.493 e. The standard InChI is InChI=1S/C23H25N4O3/c1-2-29-19-10-15(9-17-12-26-23(25)27-22(17)24)11-20(30-13-14-3-4-14)21(19)16-5-7-18(28)8-6-16/h5-8,10-12,14H,2-4,9,13H2,1H3,(H4,24,25,26,27). The van der Waals surface area contributed by atoms with E-state index in [1.165, 1.54) is 12.8 Å². The molecule has 2 aromatic carbocycles. The molecule has 1 fully saturated rings. The lowest BCUT2D eigenvalue weighted by Crippen LogP contribution is -2.06. The third-order valence-corrected chi connectivity index (χ3v) is 5.05. The van der Waals surface area contributed by atoms with E-state index in [9.17, 15) is 5.11 Å². The average molecular weight is 405 g/mol. The van der Waals surface area contributed by atoms with Crippen molar-refractivity contribution in [3.8, 4) is 28.4 Å². The first-order valence-electron chi connectivity index (χ1n) is 10.1. The highest BCUT2D eigenvalue weighted by atomic mass is 16.5. The van der Waals surface area contributed by atoms with Crippen LogP contribution < -0.4 is 20.9 Å². The second kappa shape index (κ2) is 8.49. The van der Waals surface area contributed by atoms with Gasteiger partial charge in [0.15, 0.2) is 5.75 Å². The van der Waals surface area contributed by atoms with Crippen molar-refractivity contribution in [2.24, 2.45) is 5.92 Å². The maximum atomic E-state index is 11.6. The molecule has 30 heavy (non-hydrogen) atoms. The van der Waals surface area contributed by atoms with Crippen LogP contribution in [0.25, 0.3) is 11.1 Å². The van der Waals surface area contributed by atoms with Gasteiger partial charge in [-0.15, -0.1) is 0 Å². The van der Waals surface area contributed by atoms with E-state index in [4.69, 9.17) is 20.9 Å². The lowest BCUT2D eigenvalue weighted by molar-refractivity contribution is 0.296. The highest BCUT2D eigenvalue weighted by Crippen LogP contribution is 2.42. The molecule has 4 N–H and O–H groups in total. The minimum atomic E-state index is -0.0346. The smallest absolute Gasteiger partial charge is 0.221 e. The van der Waals surface area contributed by atoms with E-state index in [0.717, 1.165) is 28.0 Å². The Morgan fingerprint density at radius 3 is 2.40 bits per heavy atom. The van der Waals surface area contributed by atoms with Gasteiger partial charge in [-0.1, -0.05) is 12.1 Å². The Hall–Kier alpha value is -3.48. The highest BCUT2D eigenvalue weighted by molar-refractivity contribution is 5.78. The molecule has 0 aliphatic heterocycles. The monoisotopic (exact) mass is 405 g/mol. The fraction of sp³-hybridized carbons (Fsp3) is 0.304.